The Hall–Kier alpha value is -1.89. The van der Waals surface area contributed by atoms with Crippen molar-refractivity contribution < 1.29 is 4.79 Å². The number of hydrogen-bond donors (Lipinski definition) is 1. The number of hydrogen-bond acceptors (Lipinski definition) is 5. The summed E-state index contributed by atoms with van der Waals surface area (Å²) in [4.78, 5) is 19.3. The fraction of sp³-hybridized carbons (Fsp3) is 0.562. The topological polar surface area (TPSA) is 63.1 Å². The second-order valence-electron chi connectivity index (χ2n) is 5.99. The minimum absolute atomic E-state index is 0.0527. The fourth-order valence-electron chi connectivity index (χ4n) is 2.96. The van der Waals surface area contributed by atoms with Crippen molar-refractivity contribution in [2.75, 3.05) is 24.5 Å². The maximum Gasteiger partial charge on any atom is 0.255 e. The van der Waals surface area contributed by atoms with E-state index in [4.69, 9.17) is 0 Å². The van der Waals surface area contributed by atoms with Crippen molar-refractivity contribution in [3.05, 3.63) is 28.0 Å². The SMILES string of the molecule is Cc1nn(C)c(C)c1C(=O)NCCc1csc(N2CCCC2)n1. The smallest absolute Gasteiger partial charge is 0.255 e. The van der Waals surface area contributed by atoms with E-state index in [1.54, 1.807) is 16.0 Å². The highest BCUT2D eigenvalue weighted by Crippen LogP contribution is 2.24. The van der Waals surface area contributed by atoms with E-state index >= 15 is 0 Å². The van der Waals surface area contributed by atoms with Crippen molar-refractivity contribution >= 4 is 22.4 Å². The van der Waals surface area contributed by atoms with Gasteiger partial charge in [0.05, 0.1) is 17.0 Å². The van der Waals surface area contributed by atoms with E-state index in [0.29, 0.717) is 12.1 Å². The molecule has 2 aromatic heterocycles. The molecule has 7 heteroatoms. The van der Waals surface area contributed by atoms with Crippen LogP contribution in [0.1, 0.15) is 40.3 Å². The summed E-state index contributed by atoms with van der Waals surface area (Å²) in [5, 5.41) is 10.5. The Labute approximate surface area is 140 Å². The zero-order valence-electron chi connectivity index (χ0n) is 13.9. The van der Waals surface area contributed by atoms with Crippen LogP contribution in [-0.4, -0.2) is 40.3 Å². The molecule has 0 bridgehead atoms. The van der Waals surface area contributed by atoms with Crippen molar-refractivity contribution in [2.24, 2.45) is 7.05 Å². The number of anilines is 1. The summed E-state index contributed by atoms with van der Waals surface area (Å²) < 4.78 is 1.74. The summed E-state index contributed by atoms with van der Waals surface area (Å²) in [7, 11) is 1.86. The molecule has 124 valence electrons. The predicted octanol–water partition coefficient (Wildman–Crippen LogP) is 2.07. The molecule has 2 aromatic rings. The second kappa shape index (κ2) is 6.70. The average molecular weight is 333 g/mol. The number of carbonyl (C=O) groups is 1. The summed E-state index contributed by atoms with van der Waals surface area (Å²) in [5.41, 5.74) is 3.40. The summed E-state index contributed by atoms with van der Waals surface area (Å²) in [6.45, 7) is 6.60. The van der Waals surface area contributed by atoms with Gasteiger partial charge in [0.2, 0.25) is 0 Å². The Kier molecular flexibility index (Phi) is 4.66. The van der Waals surface area contributed by atoms with Gasteiger partial charge in [-0.1, -0.05) is 0 Å². The molecular weight excluding hydrogens is 310 g/mol. The molecule has 1 amide bonds. The average Bonchev–Trinajstić information content (AvgIpc) is 3.21. The van der Waals surface area contributed by atoms with Crippen molar-refractivity contribution in [1.82, 2.24) is 20.1 Å². The zero-order valence-corrected chi connectivity index (χ0v) is 14.7. The first-order valence-corrected chi connectivity index (χ1v) is 8.92. The van der Waals surface area contributed by atoms with Crippen LogP contribution in [0.4, 0.5) is 5.13 Å². The third-order valence-electron chi connectivity index (χ3n) is 4.32. The largest absolute Gasteiger partial charge is 0.352 e. The predicted molar refractivity (Wildman–Crippen MR) is 92.3 cm³/mol. The van der Waals surface area contributed by atoms with Gasteiger partial charge in [0.15, 0.2) is 5.13 Å². The van der Waals surface area contributed by atoms with Crippen LogP contribution < -0.4 is 10.2 Å². The summed E-state index contributed by atoms with van der Waals surface area (Å²) in [6.07, 6.45) is 3.28. The molecule has 3 heterocycles. The van der Waals surface area contributed by atoms with Gasteiger partial charge in [-0.2, -0.15) is 5.10 Å². The van der Waals surface area contributed by atoms with Crippen molar-refractivity contribution in [2.45, 2.75) is 33.1 Å². The number of carbonyl (C=O) groups excluding carboxylic acids is 1. The first-order valence-electron chi connectivity index (χ1n) is 8.04. The number of aryl methyl sites for hydroxylation is 2. The number of nitrogens with zero attached hydrogens (tertiary/aromatic N) is 4. The molecule has 1 saturated heterocycles. The minimum atomic E-state index is -0.0527. The molecule has 1 aliphatic rings. The standard InChI is InChI=1S/C16H23N5OS/c1-11-14(12(2)20(3)19-11)15(22)17-7-6-13-10-23-16(18-13)21-8-4-5-9-21/h10H,4-9H2,1-3H3,(H,17,22). The van der Waals surface area contributed by atoms with Gasteiger partial charge in [0, 0.05) is 44.2 Å². The monoisotopic (exact) mass is 333 g/mol. The Bertz CT molecular complexity index is 699. The number of thiazole rings is 1. The number of rotatable bonds is 5. The molecular formula is C16H23N5OS. The number of aromatic nitrogens is 3. The van der Waals surface area contributed by atoms with Crippen LogP contribution in [0.15, 0.2) is 5.38 Å². The Balaban J connectivity index is 1.54. The number of amides is 1. The molecule has 0 radical (unpaired) electrons. The molecule has 6 nitrogen and oxygen atoms in total. The Morgan fingerprint density at radius 1 is 1.35 bits per heavy atom. The van der Waals surface area contributed by atoms with Crippen LogP contribution in [0.3, 0.4) is 0 Å². The quantitative estimate of drug-likeness (QED) is 0.910. The van der Waals surface area contributed by atoms with Crippen LogP contribution in [0, 0.1) is 13.8 Å². The molecule has 0 atom stereocenters. The fourth-order valence-corrected chi connectivity index (χ4v) is 3.87. The Morgan fingerprint density at radius 3 is 2.74 bits per heavy atom. The first kappa shape index (κ1) is 16.0. The zero-order chi connectivity index (χ0) is 16.4. The highest BCUT2D eigenvalue weighted by Gasteiger charge is 2.18. The molecule has 23 heavy (non-hydrogen) atoms. The number of nitrogens with one attached hydrogen (secondary N) is 1. The second-order valence-corrected chi connectivity index (χ2v) is 6.83. The lowest BCUT2D eigenvalue weighted by Crippen LogP contribution is -2.26. The molecule has 1 aliphatic heterocycles. The lowest BCUT2D eigenvalue weighted by atomic mass is 10.2. The third kappa shape index (κ3) is 3.39. The van der Waals surface area contributed by atoms with Crippen LogP contribution in [0.2, 0.25) is 0 Å². The molecule has 0 saturated carbocycles. The summed E-state index contributed by atoms with van der Waals surface area (Å²) >= 11 is 1.70. The molecule has 1 N–H and O–H groups in total. The van der Waals surface area contributed by atoms with Gasteiger partial charge in [0.25, 0.3) is 5.91 Å². The van der Waals surface area contributed by atoms with Gasteiger partial charge >= 0.3 is 0 Å². The van der Waals surface area contributed by atoms with Crippen molar-refractivity contribution in [1.29, 1.82) is 0 Å². The van der Waals surface area contributed by atoms with E-state index < -0.39 is 0 Å². The highest BCUT2D eigenvalue weighted by molar-refractivity contribution is 7.13. The van der Waals surface area contributed by atoms with Gasteiger partial charge in [-0.15, -0.1) is 11.3 Å². The van der Waals surface area contributed by atoms with Gasteiger partial charge in [0.1, 0.15) is 0 Å². The highest BCUT2D eigenvalue weighted by atomic mass is 32.1. The van der Waals surface area contributed by atoms with Gasteiger partial charge < -0.3 is 10.2 Å². The Morgan fingerprint density at radius 2 is 2.09 bits per heavy atom. The molecule has 0 spiro atoms. The normalized spacial score (nSPS) is 14.5. The van der Waals surface area contributed by atoms with Gasteiger partial charge in [-0.05, 0) is 26.7 Å². The summed E-state index contributed by atoms with van der Waals surface area (Å²) in [5.74, 6) is -0.0527. The van der Waals surface area contributed by atoms with Crippen LogP contribution in [0.25, 0.3) is 0 Å². The van der Waals surface area contributed by atoms with E-state index in [0.717, 1.165) is 41.7 Å². The molecule has 0 unspecified atom stereocenters. The van der Waals surface area contributed by atoms with Crippen LogP contribution in [-0.2, 0) is 13.5 Å². The van der Waals surface area contributed by atoms with E-state index in [1.807, 2.05) is 20.9 Å². The maximum absolute atomic E-state index is 12.3. The minimum Gasteiger partial charge on any atom is -0.352 e. The van der Waals surface area contributed by atoms with Gasteiger partial charge in [-0.25, -0.2) is 4.98 Å². The first-order chi connectivity index (χ1) is 11.1. The molecule has 1 fully saturated rings. The van der Waals surface area contributed by atoms with E-state index in [1.165, 1.54) is 12.8 Å². The molecule has 0 aliphatic carbocycles. The van der Waals surface area contributed by atoms with Gasteiger partial charge in [-0.3, -0.25) is 9.48 Å². The van der Waals surface area contributed by atoms with E-state index in [2.05, 4.69) is 25.7 Å². The van der Waals surface area contributed by atoms with Crippen molar-refractivity contribution in [3.63, 3.8) is 0 Å². The molecule has 0 aromatic carbocycles. The van der Waals surface area contributed by atoms with Crippen molar-refractivity contribution in [3.8, 4) is 0 Å². The van der Waals surface area contributed by atoms with Crippen LogP contribution in [0.5, 0.6) is 0 Å². The van der Waals surface area contributed by atoms with E-state index in [9.17, 15) is 4.79 Å². The lowest BCUT2D eigenvalue weighted by Gasteiger charge is -2.12. The van der Waals surface area contributed by atoms with Crippen LogP contribution >= 0.6 is 11.3 Å². The van der Waals surface area contributed by atoms with E-state index in [-0.39, 0.29) is 5.91 Å². The summed E-state index contributed by atoms with van der Waals surface area (Å²) in [6, 6.07) is 0. The third-order valence-corrected chi connectivity index (χ3v) is 5.27. The maximum atomic E-state index is 12.3. The molecule has 3 rings (SSSR count). The lowest BCUT2D eigenvalue weighted by molar-refractivity contribution is 0.0953.